The molecule has 0 fully saturated rings. The number of nitrogens with zero attached hydrogens (tertiary/aromatic N) is 2. The van der Waals surface area contributed by atoms with E-state index in [-0.39, 0.29) is 20.1 Å². The van der Waals surface area contributed by atoms with Crippen molar-refractivity contribution in [3.8, 4) is 22.5 Å². The topological polar surface area (TPSA) is 80.2 Å². The van der Waals surface area contributed by atoms with Crippen LogP contribution in [0.3, 0.4) is 0 Å². The number of hydrogen-bond donors (Lipinski definition) is 1. The Morgan fingerprint density at radius 2 is 1.06 bits per heavy atom. The molecule has 1 radical (unpaired) electrons. The van der Waals surface area contributed by atoms with Crippen molar-refractivity contribution in [2.45, 2.75) is 5.51 Å². The van der Waals surface area contributed by atoms with Gasteiger partial charge >= 0.3 is 15.6 Å². The summed E-state index contributed by atoms with van der Waals surface area (Å²) >= 11 is 0. The first-order valence-corrected chi connectivity index (χ1v) is 10.4. The molecular formula is C23H17F3IrN2O3S-2. The van der Waals surface area contributed by atoms with Gasteiger partial charge in [0.05, 0.1) is 0 Å². The van der Waals surface area contributed by atoms with E-state index in [0.29, 0.717) is 0 Å². The minimum atomic E-state index is -5.84. The summed E-state index contributed by atoms with van der Waals surface area (Å²) < 4.78 is 57.5. The van der Waals surface area contributed by atoms with Crippen molar-refractivity contribution in [2.24, 2.45) is 0 Å². The molecule has 2 heterocycles. The Hall–Kier alpha value is -2.91. The molecule has 175 valence electrons. The van der Waals surface area contributed by atoms with E-state index in [1.807, 2.05) is 84.9 Å². The zero-order chi connectivity index (χ0) is 23.5. The molecule has 0 unspecified atom stereocenters. The third-order valence-corrected chi connectivity index (χ3v) is 4.18. The van der Waals surface area contributed by atoms with Crippen molar-refractivity contribution in [3.05, 3.63) is 109 Å². The van der Waals surface area contributed by atoms with Gasteiger partial charge in [-0.25, -0.2) is 0 Å². The Bertz CT molecular complexity index is 1020. The first-order chi connectivity index (χ1) is 15.2. The molecule has 0 aliphatic heterocycles. The minimum Gasteiger partial charge on any atom is -0.305 e. The number of aromatic nitrogens is 2. The second-order valence-corrected chi connectivity index (χ2v) is 7.32. The molecule has 0 saturated heterocycles. The Kier molecular flexibility index (Phi) is 11.6. The van der Waals surface area contributed by atoms with E-state index in [0.717, 1.165) is 22.5 Å². The third-order valence-electron chi connectivity index (χ3n) is 3.59. The Labute approximate surface area is 203 Å². The van der Waals surface area contributed by atoms with Gasteiger partial charge in [-0.2, -0.15) is 21.6 Å². The maximum Gasteiger partial charge on any atom is 0.522 e. The summed E-state index contributed by atoms with van der Waals surface area (Å²) in [6, 6.07) is 33.6. The van der Waals surface area contributed by atoms with Crippen molar-refractivity contribution in [2.75, 3.05) is 0 Å². The molecule has 0 saturated carbocycles. The number of halogens is 3. The molecule has 4 rings (SSSR count). The zero-order valence-electron chi connectivity index (χ0n) is 16.8. The number of alkyl halides is 3. The molecular weight excluding hydrogens is 634 g/mol. The van der Waals surface area contributed by atoms with E-state index in [9.17, 15) is 13.2 Å². The van der Waals surface area contributed by atoms with Gasteiger partial charge in [-0.05, 0) is 23.5 Å². The van der Waals surface area contributed by atoms with E-state index in [1.54, 1.807) is 12.4 Å². The van der Waals surface area contributed by atoms with Crippen LogP contribution in [0, 0.1) is 12.1 Å². The summed E-state index contributed by atoms with van der Waals surface area (Å²) in [5.41, 5.74) is -1.51. The van der Waals surface area contributed by atoms with Gasteiger partial charge in [0.1, 0.15) is 0 Å². The second-order valence-electron chi connectivity index (χ2n) is 5.90. The first-order valence-electron chi connectivity index (χ1n) is 8.98. The number of pyridine rings is 2. The summed E-state index contributed by atoms with van der Waals surface area (Å²) in [5.74, 6) is 0. The monoisotopic (exact) mass is 651 g/mol. The van der Waals surface area contributed by atoms with Crippen LogP contribution < -0.4 is 0 Å². The Balaban J connectivity index is 0.000000250. The average Bonchev–Trinajstić information content (AvgIpc) is 2.81. The van der Waals surface area contributed by atoms with Gasteiger partial charge in [-0.15, -0.1) is 71.8 Å². The number of benzene rings is 2. The standard InChI is InChI=1S/2C11H8N.CHF3O3S.Ir/c2*1-2-6-10(7-3-1)11-8-4-5-9-12-11;2-1(3,4)8(5,6)7;/h2*1-6,8-9H;(H,5,6,7);/q2*-1;;. The summed E-state index contributed by atoms with van der Waals surface area (Å²) in [6.07, 6.45) is 3.58. The van der Waals surface area contributed by atoms with Gasteiger partial charge in [-0.3, -0.25) is 4.55 Å². The van der Waals surface area contributed by atoms with Crippen LogP contribution >= 0.6 is 0 Å². The number of hydrogen-bond acceptors (Lipinski definition) is 4. The van der Waals surface area contributed by atoms with E-state index in [2.05, 4.69) is 22.1 Å². The predicted octanol–water partition coefficient (Wildman–Crippen LogP) is 5.49. The van der Waals surface area contributed by atoms with Crippen LogP contribution in [0.25, 0.3) is 22.5 Å². The van der Waals surface area contributed by atoms with Crippen LogP contribution in [0.2, 0.25) is 0 Å². The molecule has 2 aromatic carbocycles. The molecule has 0 spiro atoms. The molecule has 33 heavy (non-hydrogen) atoms. The average molecular weight is 651 g/mol. The molecule has 0 bridgehead atoms. The quantitative estimate of drug-likeness (QED) is 0.177. The van der Waals surface area contributed by atoms with Gasteiger partial charge in [0.2, 0.25) is 0 Å². The van der Waals surface area contributed by atoms with Gasteiger partial charge in [0, 0.05) is 32.5 Å². The fourth-order valence-electron chi connectivity index (χ4n) is 2.15. The van der Waals surface area contributed by atoms with E-state index < -0.39 is 15.6 Å². The normalized spacial score (nSPS) is 10.4. The summed E-state index contributed by atoms with van der Waals surface area (Å²) in [5, 5.41) is 0. The number of rotatable bonds is 2. The van der Waals surface area contributed by atoms with Gasteiger partial charge in [0.25, 0.3) is 0 Å². The third kappa shape index (κ3) is 10.0. The summed E-state index contributed by atoms with van der Waals surface area (Å²) in [6.45, 7) is 0. The molecule has 10 heteroatoms. The SMILES string of the molecule is O=S(=O)(O)C(F)(F)F.[Ir].[c-]1ccccc1-c1ccccn1.[c-]1ccccc1-c1ccccn1. The van der Waals surface area contributed by atoms with Crippen molar-refractivity contribution in [1.82, 2.24) is 9.97 Å². The first kappa shape index (κ1) is 28.1. The molecule has 0 aliphatic carbocycles. The van der Waals surface area contributed by atoms with Crippen LogP contribution in [-0.2, 0) is 30.2 Å². The molecule has 4 aromatic rings. The summed E-state index contributed by atoms with van der Waals surface area (Å²) in [7, 11) is -5.84. The zero-order valence-corrected chi connectivity index (χ0v) is 20.0. The van der Waals surface area contributed by atoms with Gasteiger partial charge < -0.3 is 9.97 Å². The molecule has 1 N–H and O–H groups in total. The maximum absolute atomic E-state index is 10.7. The molecule has 0 atom stereocenters. The molecule has 5 nitrogen and oxygen atoms in total. The Morgan fingerprint density at radius 1 is 0.697 bits per heavy atom. The maximum atomic E-state index is 10.7. The van der Waals surface area contributed by atoms with E-state index >= 15 is 0 Å². The minimum absolute atomic E-state index is 0. The van der Waals surface area contributed by atoms with E-state index in [1.165, 1.54) is 0 Å². The van der Waals surface area contributed by atoms with Gasteiger partial charge in [-0.1, -0.05) is 24.3 Å². The van der Waals surface area contributed by atoms with E-state index in [4.69, 9.17) is 13.0 Å². The van der Waals surface area contributed by atoms with Crippen LogP contribution in [0.15, 0.2) is 97.3 Å². The summed E-state index contributed by atoms with van der Waals surface area (Å²) in [4.78, 5) is 8.44. The van der Waals surface area contributed by atoms with Crippen LogP contribution in [-0.4, -0.2) is 28.4 Å². The van der Waals surface area contributed by atoms with Crippen LogP contribution in [0.4, 0.5) is 13.2 Å². The fourth-order valence-corrected chi connectivity index (χ4v) is 2.15. The fraction of sp³-hybridized carbons (Fsp3) is 0.0435. The van der Waals surface area contributed by atoms with Gasteiger partial charge in [0.15, 0.2) is 0 Å². The molecule has 2 aromatic heterocycles. The Morgan fingerprint density at radius 3 is 1.30 bits per heavy atom. The van der Waals surface area contributed by atoms with Crippen molar-refractivity contribution < 1.29 is 46.2 Å². The second kappa shape index (κ2) is 13.6. The predicted molar refractivity (Wildman–Crippen MR) is 115 cm³/mol. The van der Waals surface area contributed by atoms with Crippen LogP contribution in [0.5, 0.6) is 0 Å². The van der Waals surface area contributed by atoms with Crippen LogP contribution in [0.1, 0.15) is 0 Å². The van der Waals surface area contributed by atoms with Crippen molar-refractivity contribution in [3.63, 3.8) is 0 Å². The van der Waals surface area contributed by atoms with Crippen molar-refractivity contribution >= 4 is 10.1 Å². The molecule has 0 amide bonds. The largest absolute Gasteiger partial charge is 0.522 e. The van der Waals surface area contributed by atoms with Crippen molar-refractivity contribution in [1.29, 1.82) is 0 Å². The molecule has 0 aliphatic rings. The smallest absolute Gasteiger partial charge is 0.305 e.